The lowest BCUT2D eigenvalue weighted by atomic mass is 9.84. The molecule has 3 aliphatic rings. The first kappa shape index (κ1) is 53.7. The van der Waals surface area contributed by atoms with E-state index in [4.69, 9.17) is 9.47 Å². The third-order valence-electron chi connectivity index (χ3n) is 14.0. The molecule has 6 bridgehead atoms. The van der Waals surface area contributed by atoms with Gasteiger partial charge in [-0.2, -0.15) is 13.2 Å². The highest BCUT2D eigenvalue weighted by molar-refractivity contribution is 5.96. The van der Waals surface area contributed by atoms with Gasteiger partial charge in [-0.25, -0.2) is 14.2 Å². The minimum atomic E-state index is -4.67. The van der Waals surface area contributed by atoms with Crippen molar-refractivity contribution >= 4 is 40.8 Å². The summed E-state index contributed by atoms with van der Waals surface area (Å²) in [5, 5.41) is 4.52. The van der Waals surface area contributed by atoms with E-state index < -0.39 is 77.5 Å². The molecule has 5 heterocycles. The van der Waals surface area contributed by atoms with Gasteiger partial charge in [0.1, 0.15) is 30.5 Å². The van der Waals surface area contributed by atoms with Gasteiger partial charge in [-0.05, 0) is 103 Å². The Balaban J connectivity index is 1.38. The van der Waals surface area contributed by atoms with E-state index in [9.17, 15) is 37.1 Å². The lowest BCUT2D eigenvalue weighted by Gasteiger charge is -2.42. The second kappa shape index (κ2) is 21.6. The van der Waals surface area contributed by atoms with Gasteiger partial charge in [-0.1, -0.05) is 52.5 Å². The van der Waals surface area contributed by atoms with Crippen LogP contribution in [0.25, 0.3) is 33.3 Å². The third-order valence-corrected chi connectivity index (χ3v) is 14.0. The molecule has 2 aromatic heterocycles. The van der Waals surface area contributed by atoms with Crippen LogP contribution in [0.3, 0.4) is 0 Å². The number of benzene rings is 2. The zero-order chi connectivity index (χ0) is 52.4. The fraction of sp³-hybridized carbons (Fsp3) is 0.509. The van der Waals surface area contributed by atoms with Crippen molar-refractivity contribution < 1.29 is 55.4 Å². The Labute approximate surface area is 416 Å². The number of carbonyl (C=O) groups is 5. The van der Waals surface area contributed by atoms with E-state index >= 15 is 8.78 Å². The number of nitrogens with zero attached hydrogens (tertiary/aromatic N) is 5. The molecule has 4 aromatic rings. The van der Waals surface area contributed by atoms with Crippen LogP contribution >= 0.6 is 0 Å². The number of hydrogen-bond donors (Lipinski definition) is 2. The molecule has 4 amide bonds. The first-order valence-corrected chi connectivity index (χ1v) is 24.2. The summed E-state index contributed by atoms with van der Waals surface area (Å²) < 4.78 is 87.6. The van der Waals surface area contributed by atoms with Crippen LogP contribution in [-0.2, 0) is 52.8 Å². The predicted molar refractivity (Wildman–Crippen MR) is 260 cm³/mol. The second-order valence-electron chi connectivity index (χ2n) is 20.5. The number of amides is 4. The number of aldehydes is 1. The highest BCUT2D eigenvalue weighted by Gasteiger charge is 2.43. The summed E-state index contributed by atoms with van der Waals surface area (Å²) in [5.74, 6) is -3.14. The quantitative estimate of drug-likeness (QED) is 0.0823. The maximum atomic E-state index is 15.0. The summed E-state index contributed by atoms with van der Waals surface area (Å²) in [6.45, 7) is 11.6. The molecule has 0 saturated carbocycles. The minimum absolute atomic E-state index is 0.0163. The van der Waals surface area contributed by atoms with Crippen molar-refractivity contribution in [3.8, 4) is 22.4 Å². The Kier molecular flexibility index (Phi) is 16.1. The van der Waals surface area contributed by atoms with E-state index in [1.165, 1.54) is 51.7 Å². The summed E-state index contributed by atoms with van der Waals surface area (Å²) in [5.41, 5.74) is 3.15. The zero-order valence-corrected chi connectivity index (χ0v) is 41.8. The maximum Gasteiger partial charge on any atom is 0.406 e. The summed E-state index contributed by atoms with van der Waals surface area (Å²) >= 11 is 0. The number of likely N-dealkylation sites (tertiary alicyclic amines) is 1. The fourth-order valence-electron chi connectivity index (χ4n) is 10.5. The number of fused-ring (bicyclic) bond motifs is 6. The third kappa shape index (κ3) is 11.6. The van der Waals surface area contributed by atoms with Crippen molar-refractivity contribution in [2.24, 2.45) is 17.3 Å². The molecule has 7 rings (SSSR count). The second-order valence-corrected chi connectivity index (χ2v) is 20.5. The molecule has 1 unspecified atom stereocenters. The lowest BCUT2D eigenvalue weighted by Crippen LogP contribution is -2.66. The fourth-order valence-corrected chi connectivity index (χ4v) is 10.5. The van der Waals surface area contributed by atoms with Gasteiger partial charge in [0.25, 0.3) is 12.3 Å². The average Bonchev–Trinajstić information content (AvgIpc) is 3.94. The number of rotatable bonds is 12. The smallest absolute Gasteiger partial charge is 0.378 e. The molecule has 0 radical (unpaired) electrons. The number of nitrogens with one attached hydrogen (secondary N) is 2. The Bertz CT molecular complexity index is 2710. The number of methoxy groups -OCH3 is 1. The molecule has 14 nitrogen and oxygen atoms in total. The molecule has 19 heteroatoms. The molecule has 0 aliphatic carbocycles. The molecule has 3 aliphatic heterocycles. The Hall–Kier alpha value is -6.05. The van der Waals surface area contributed by atoms with Crippen LogP contribution < -0.4 is 10.7 Å². The summed E-state index contributed by atoms with van der Waals surface area (Å²) in [7, 11) is 2.96. The van der Waals surface area contributed by atoms with Crippen LogP contribution in [0.15, 0.2) is 67.4 Å². The van der Waals surface area contributed by atoms with Crippen molar-refractivity contribution in [3.05, 3.63) is 89.8 Å². The Morgan fingerprint density at radius 1 is 1.07 bits per heavy atom. The summed E-state index contributed by atoms with van der Waals surface area (Å²) in [6.07, 6.45) is -4.10. The van der Waals surface area contributed by atoms with Crippen molar-refractivity contribution in [1.82, 2.24) is 35.1 Å². The summed E-state index contributed by atoms with van der Waals surface area (Å²) in [4.78, 5) is 76.3. The van der Waals surface area contributed by atoms with Crippen molar-refractivity contribution in [2.45, 2.75) is 110 Å². The van der Waals surface area contributed by atoms with E-state index in [1.54, 1.807) is 63.4 Å². The zero-order valence-electron chi connectivity index (χ0n) is 41.8. The number of aromatic nitrogens is 2. The largest absolute Gasteiger partial charge is 0.406 e. The van der Waals surface area contributed by atoms with Gasteiger partial charge in [0.2, 0.25) is 17.7 Å². The molecule has 388 valence electrons. The molecule has 2 saturated heterocycles. The number of ether oxygens (including phenoxy) is 2. The van der Waals surface area contributed by atoms with E-state index in [0.717, 1.165) is 0 Å². The number of hydrogen-bond acceptors (Lipinski definition) is 9. The number of likely N-dealkylation sites (N-methyl/N-ethyl adjacent to an activating group) is 1. The minimum Gasteiger partial charge on any atom is -0.378 e. The van der Waals surface area contributed by atoms with Gasteiger partial charge in [0.15, 0.2) is 0 Å². The molecule has 2 aromatic carbocycles. The predicted octanol–water partition coefficient (Wildman–Crippen LogP) is 7.79. The van der Waals surface area contributed by atoms with E-state index in [2.05, 4.69) is 22.3 Å². The number of pyridine rings is 1. The van der Waals surface area contributed by atoms with E-state index in [1.807, 2.05) is 13.8 Å². The summed E-state index contributed by atoms with van der Waals surface area (Å²) in [6, 6.07) is 9.74. The van der Waals surface area contributed by atoms with Crippen molar-refractivity contribution in [1.29, 1.82) is 0 Å². The normalized spacial score (nSPS) is 21.6. The van der Waals surface area contributed by atoms with Crippen LogP contribution in [-0.4, -0.2) is 125 Å². The van der Waals surface area contributed by atoms with Gasteiger partial charge in [0.05, 0.1) is 36.6 Å². The molecule has 0 spiro atoms. The molecular formula is C53H64F5N7O7. The van der Waals surface area contributed by atoms with Gasteiger partial charge >= 0.3 is 6.18 Å². The number of halogens is 5. The molecule has 2 N–H and O–H groups in total. The highest BCUT2D eigenvalue weighted by atomic mass is 19.4. The topological polar surface area (TPSA) is 155 Å². The van der Waals surface area contributed by atoms with Crippen molar-refractivity contribution in [3.63, 3.8) is 0 Å². The van der Waals surface area contributed by atoms with Gasteiger partial charge in [-0.3, -0.25) is 29.2 Å². The van der Waals surface area contributed by atoms with Crippen LogP contribution in [0.2, 0.25) is 0 Å². The van der Waals surface area contributed by atoms with Crippen LogP contribution in [0.1, 0.15) is 88.8 Å². The molecule has 2 fully saturated rings. The van der Waals surface area contributed by atoms with Crippen LogP contribution in [0, 0.1) is 17.3 Å². The number of alkyl halides is 5. The first-order chi connectivity index (χ1) is 34.0. The number of hydrazine groups is 1. The Morgan fingerprint density at radius 3 is 2.49 bits per heavy atom. The first-order valence-electron chi connectivity index (χ1n) is 24.2. The number of carbonyl (C=O) groups excluding carboxylic acids is 5. The van der Waals surface area contributed by atoms with Gasteiger partial charge in [-0.15, -0.1) is 0 Å². The SMILES string of the molecule is C=CC(=O)N1CC[C@H](C(=O)N(C)[C@H](C(=O)N[C@H]2Cc3cc(cc(C(F)F)c3)-c3ccc4c(c3)c(c(-c3cccnc3[C@H](C)OC)n4CC(F)(F)F)CC(C)(C)COCC3(C=O)CCCN(N3)C2=O)C(C)C)C1. The van der Waals surface area contributed by atoms with Gasteiger partial charge < -0.3 is 34.0 Å². The highest BCUT2D eigenvalue weighted by Crippen LogP contribution is 2.43. The van der Waals surface area contributed by atoms with E-state index in [-0.39, 0.29) is 79.7 Å². The average molecular weight is 1010 g/mol. The Morgan fingerprint density at radius 2 is 1.82 bits per heavy atom. The molecule has 5 atom stereocenters. The van der Waals surface area contributed by atoms with Crippen molar-refractivity contribution in [2.75, 3.05) is 47.0 Å². The van der Waals surface area contributed by atoms with E-state index in [0.29, 0.717) is 53.4 Å². The lowest BCUT2D eigenvalue weighted by molar-refractivity contribution is -0.149. The van der Waals surface area contributed by atoms with Gasteiger partial charge in [0, 0.05) is 68.4 Å². The maximum absolute atomic E-state index is 15.0. The molecule has 72 heavy (non-hydrogen) atoms. The monoisotopic (exact) mass is 1010 g/mol. The van der Waals surface area contributed by atoms with Crippen LogP contribution in [0.4, 0.5) is 22.0 Å². The molecular weight excluding hydrogens is 942 g/mol. The van der Waals surface area contributed by atoms with Crippen LogP contribution in [0.5, 0.6) is 0 Å². The standard InChI is InChI=1S/C53H64F5N7O7/c1-9-43(67)63-19-15-35(26-63)49(69)62(7)45(31(2)3)48(68)60-41-22-33-20-36(23-37(21-33)47(54)55)34-13-14-42-39(24-34)40(25-51(5,6)29-72-30-52(28-66)16-11-18-65(61-52)50(41)70)46(64(42)27-53(56,57)58)38-12-10-17-59-44(38)32(4)71-8/h9-10,12-14,17,20-21,23-24,28,31-32,35,41,45,47,61H,1,11,15-16,18-19,22,25-27,29-30H2,2-8H3,(H,60,68)/t32-,35-,41-,45-,52?/m0/s1.